The molecular formula is C23H44N2OPtSi2. The van der Waals surface area contributed by atoms with Gasteiger partial charge in [-0.05, 0) is 51.9 Å². The van der Waals surface area contributed by atoms with Crippen molar-refractivity contribution in [1.82, 2.24) is 9.80 Å². The quantitative estimate of drug-likeness (QED) is 0.315. The minimum absolute atomic E-state index is 0. The van der Waals surface area contributed by atoms with Gasteiger partial charge >= 0.3 is 0 Å². The molecule has 3 rings (SSSR count). The molecule has 0 N–H and O–H groups in total. The predicted octanol–water partition coefficient (Wildman–Crippen LogP) is 6.56. The molecule has 2 fully saturated rings. The van der Waals surface area contributed by atoms with Crippen LogP contribution in [0, 0.1) is 0 Å². The first-order valence-electron chi connectivity index (χ1n) is 11.4. The fourth-order valence-corrected chi connectivity index (χ4v) is 10.6. The number of hydrogen-bond donors (Lipinski definition) is 0. The Morgan fingerprint density at radius 2 is 1.07 bits per heavy atom. The fourth-order valence-electron chi connectivity index (χ4n) is 4.52. The van der Waals surface area contributed by atoms with E-state index in [9.17, 15) is 0 Å². The van der Waals surface area contributed by atoms with Crippen molar-refractivity contribution in [3.63, 3.8) is 0 Å². The van der Waals surface area contributed by atoms with E-state index in [2.05, 4.69) is 61.5 Å². The molecule has 0 saturated heterocycles. The Kier molecular flexibility index (Phi) is 11.8. The molecule has 0 spiro atoms. The van der Waals surface area contributed by atoms with Gasteiger partial charge in [0.2, 0.25) is 0 Å². The van der Waals surface area contributed by atoms with Gasteiger partial charge in [0.25, 0.3) is 0 Å². The molecule has 0 unspecified atom stereocenters. The molecule has 29 heavy (non-hydrogen) atoms. The maximum atomic E-state index is 5.97. The third-order valence-corrected chi connectivity index (χ3v) is 12.5. The topological polar surface area (TPSA) is 15.7 Å². The standard InChI is InChI=1S/C15H26N2.C8H18OSi2.Pt/c1-3-7-14(8-4-1)16-11-12-17(13-16)15-9-5-2-6-10-15;1-7-10(3,4)9-11(5,6)8-2;/h11-12,14-15H,1-10,13H2;7-8H,1-2H2,3-6H3;. The SMILES string of the molecule is C1=CN(C2CCCCC2)CN1C1CCCCC1.C=C[Si](C)(C)O[Si](C)(C)C=C.[Pt]. The zero-order chi connectivity index (χ0) is 20.6. The van der Waals surface area contributed by atoms with Crippen molar-refractivity contribution < 1.29 is 25.2 Å². The average molecular weight is 616 g/mol. The summed E-state index contributed by atoms with van der Waals surface area (Å²) in [4.78, 5) is 5.21. The summed E-state index contributed by atoms with van der Waals surface area (Å²) >= 11 is 0. The Hall–Kier alpha value is -0.0979. The van der Waals surface area contributed by atoms with Gasteiger partial charge in [-0.1, -0.05) is 49.9 Å². The van der Waals surface area contributed by atoms with Gasteiger partial charge < -0.3 is 13.9 Å². The summed E-state index contributed by atoms with van der Waals surface area (Å²) in [6, 6.07) is 1.68. The van der Waals surface area contributed by atoms with Gasteiger partial charge in [-0.2, -0.15) is 0 Å². The summed E-state index contributed by atoms with van der Waals surface area (Å²) in [6.45, 7) is 17.3. The van der Waals surface area contributed by atoms with Crippen LogP contribution in [0.25, 0.3) is 0 Å². The van der Waals surface area contributed by atoms with Crippen molar-refractivity contribution >= 4 is 16.6 Å². The second-order valence-electron chi connectivity index (χ2n) is 9.77. The van der Waals surface area contributed by atoms with Gasteiger partial charge in [0.15, 0.2) is 16.6 Å². The van der Waals surface area contributed by atoms with E-state index in [1.807, 2.05) is 11.4 Å². The van der Waals surface area contributed by atoms with Crippen molar-refractivity contribution in [2.45, 2.75) is 102 Å². The Bertz CT molecular complexity index is 483. The van der Waals surface area contributed by atoms with E-state index in [0.717, 1.165) is 12.1 Å². The third-order valence-electron chi connectivity index (χ3n) is 6.37. The van der Waals surface area contributed by atoms with E-state index in [4.69, 9.17) is 4.12 Å². The van der Waals surface area contributed by atoms with Gasteiger partial charge in [0, 0.05) is 45.5 Å². The summed E-state index contributed by atoms with van der Waals surface area (Å²) < 4.78 is 5.97. The van der Waals surface area contributed by atoms with E-state index in [1.165, 1.54) is 70.9 Å². The molecule has 0 aromatic rings. The molecule has 0 radical (unpaired) electrons. The molecule has 6 heteroatoms. The van der Waals surface area contributed by atoms with Crippen molar-refractivity contribution in [2.75, 3.05) is 6.67 Å². The van der Waals surface area contributed by atoms with Crippen molar-refractivity contribution in [1.29, 1.82) is 0 Å². The van der Waals surface area contributed by atoms with Crippen molar-refractivity contribution in [2.24, 2.45) is 0 Å². The zero-order valence-electron chi connectivity index (χ0n) is 19.3. The van der Waals surface area contributed by atoms with Gasteiger partial charge in [-0.3, -0.25) is 0 Å². The van der Waals surface area contributed by atoms with E-state index in [0.29, 0.717) is 0 Å². The molecule has 0 amide bonds. The molecule has 0 bridgehead atoms. The van der Waals surface area contributed by atoms with E-state index in [-0.39, 0.29) is 21.1 Å². The Labute approximate surface area is 197 Å². The van der Waals surface area contributed by atoms with Crippen molar-refractivity contribution in [3.05, 3.63) is 37.0 Å². The first-order valence-corrected chi connectivity index (χ1v) is 17.4. The van der Waals surface area contributed by atoms with Crippen LogP contribution in [0.2, 0.25) is 26.2 Å². The number of rotatable bonds is 6. The summed E-state index contributed by atoms with van der Waals surface area (Å²) in [5.41, 5.74) is 3.93. The first-order chi connectivity index (χ1) is 13.3. The predicted molar refractivity (Wildman–Crippen MR) is 128 cm³/mol. The second kappa shape index (κ2) is 12.7. The molecule has 0 atom stereocenters. The fraction of sp³-hybridized carbons (Fsp3) is 0.739. The summed E-state index contributed by atoms with van der Waals surface area (Å²) in [5, 5.41) is 0. The zero-order valence-corrected chi connectivity index (χ0v) is 23.5. The molecule has 1 heterocycles. The minimum Gasteiger partial charge on any atom is -0.449 e. The van der Waals surface area contributed by atoms with Gasteiger partial charge in [-0.25, -0.2) is 0 Å². The number of nitrogens with zero attached hydrogens (tertiary/aromatic N) is 2. The first kappa shape index (κ1) is 26.9. The van der Waals surface area contributed by atoms with Gasteiger partial charge in [0.05, 0.1) is 6.67 Å². The molecular weight excluding hydrogens is 572 g/mol. The second-order valence-corrected chi connectivity index (χ2v) is 17.8. The van der Waals surface area contributed by atoms with Gasteiger partial charge in [0.1, 0.15) is 0 Å². The van der Waals surface area contributed by atoms with E-state index >= 15 is 0 Å². The maximum absolute atomic E-state index is 5.97. The van der Waals surface area contributed by atoms with Crippen LogP contribution in [0.1, 0.15) is 64.2 Å². The molecule has 3 aliphatic rings. The summed E-state index contributed by atoms with van der Waals surface area (Å²) in [7, 11) is -3.16. The largest absolute Gasteiger partial charge is 0.449 e. The Morgan fingerprint density at radius 3 is 1.38 bits per heavy atom. The van der Waals surface area contributed by atoms with E-state index < -0.39 is 16.6 Å². The monoisotopic (exact) mass is 615 g/mol. The third kappa shape index (κ3) is 9.28. The van der Waals surface area contributed by atoms with Crippen LogP contribution < -0.4 is 0 Å². The van der Waals surface area contributed by atoms with Crippen molar-refractivity contribution in [3.8, 4) is 0 Å². The van der Waals surface area contributed by atoms with Gasteiger partial charge in [-0.15, -0.1) is 13.2 Å². The molecule has 170 valence electrons. The van der Waals surface area contributed by atoms with Crippen LogP contribution in [0.4, 0.5) is 0 Å². The van der Waals surface area contributed by atoms with Crippen LogP contribution >= 0.6 is 0 Å². The molecule has 0 aromatic carbocycles. The molecule has 3 nitrogen and oxygen atoms in total. The molecule has 2 saturated carbocycles. The minimum atomic E-state index is -1.58. The molecule has 2 aliphatic carbocycles. The average Bonchev–Trinajstić information content (AvgIpc) is 3.19. The Balaban J connectivity index is 0.000000310. The van der Waals surface area contributed by atoms with Crippen LogP contribution in [0.3, 0.4) is 0 Å². The van der Waals surface area contributed by atoms with Crippen LogP contribution in [0.15, 0.2) is 37.0 Å². The number of hydrogen-bond acceptors (Lipinski definition) is 3. The molecule has 0 aromatic heterocycles. The van der Waals surface area contributed by atoms with Crippen LogP contribution in [-0.2, 0) is 25.2 Å². The summed E-state index contributed by atoms with van der Waals surface area (Å²) in [6.07, 6.45) is 19.1. The molecule has 1 aliphatic heterocycles. The van der Waals surface area contributed by atoms with E-state index in [1.54, 1.807) is 0 Å². The smallest absolute Gasteiger partial charge is 0.198 e. The summed E-state index contributed by atoms with van der Waals surface area (Å²) in [5.74, 6) is 0. The van der Waals surface area contributed by atoms with Crippen LogP contribution in [0.5, 0.6) is 0 Å². The normalized spacial score (nSPS) is 21.2. The maximum Gasteiger partial charge on any atom is 0.198 e. The van der Waals surface area contributed by atoms with Crippen LogP contribution in [-0.4, -0.2) is 45.2 Å². The Morgan fingerprint density at radius 1 is 0.724 bits per heavy atom.